The summed E-state index contributed by atoms with van der Waals surface area (Å²) in [6.07, 6.45) is 2.16. The van der Waals surface area contributed by atoms with Gasteiger partial charge in [-0.25, -0.2) is 4.79 Å². The van der Waals surface area contributed by atoms with Crippen molar-refractivity contribution in [3.05, 3.63) is 32.6 Å². The second-order valence-electron chi connectivity index (χ2n) is 5.29. The summed E-state index contributed by atoms with van der Waals surface area (Å²) in [5.41, 5.74) is -1.35. The summed E-state index contributed by atoms with van der Waals surface area (Å²) in [7, 11) is 0. The van der Waals surface area contributed by atoms with Gasteiger partial charge in [-0.1, -0.05) is 13.8 Å². The van der Waals surface area contributed by atoms with E-state index in [9.17, 15) is 14.7 Å². The van der Waals surface area contributed by atoms with E-state index < -0.39 is 11.3 Å². The van der Waals surface area contributed by atoms with Crippen LogP contribution in [0.1, 0.15) is 25.8 Å². The molecular weight excluding hydrogens is 208 g/mol. The van der Waals surface area contributed by atoms with Crippen LogP contribution in [0.15, 0.2) is 15.8 Å². The number of aliphatic hydroxyl groups is 1. The molecule has 1 aromatic rings. The van der Waals surface area contributed by atoms with Crippen LogP contribution in [0, 0.1) is 12.3 Å². The molecule has 1 heterocycles. The van der Waals surface area contributed by atoms with E-state index in [1.807, 2.05) is 13.8 Å². The number of H-pyrrole nitrogens is 1. The Bertz CT molecular complexity index is 541. The molecule has 0 aromatic carbocycles. The third-order valence-corrected chi connectivity index (χ3v) is 3.49. The number of aromatic amines is 1. The van der Waals surface area contributed by atoms with Gasteiger partial charge in [0.05, 0.1) is 12.1 Å². The van der Waals surface area contributed by atoms with Gasteiger partial charge in [0.15, 0.2) is 0 Å². The lowest BCUT2D eigenvalue weighted by atomic mass is 10.1. The maximum absolute atomic E-state index is 11.5. The van der Waals surface area contributed by atoms with E-state index in [0.717, 1.165) is 0 Å². The van der Waals surface area contributed by atoms with Crippen LogP contribution in [0.4, 0.5) is 0 Å². The Balaban J connectivity index is 2.34. The van der Waals surface area contributed by atoms with E-state index in [4.69, 9.17) is 0 Å². The van der Waals surface area contributed by atoms with Gasteiger partial charge >= 0.3 is 5.69 Å². The first-order chi connectivity index (χ1) is 7.25. The third-order valence-electron chi connectivity index (χ3n) is 3.49. The van der Waals surface area contributed by atoms with Gasteiger partial charge in [-0.05, 0) is 18.8 Å². The lowest BCUT2D eigenvalue weighted by Crippen LogP contribution is -2.35. The SMILES string of the molecule is Cc1cn(C[C@@]2(O)CC2(C)C)c(=O)[nH]c1=O. The lowest BCUT2D eigenvalue weighted by molar-refractivity contribution is 0.0884. The zero-order valence-electron chi connectivity index (χ0n) is 9.70. The number of nitrogens with zero attached hydrogens (tertiary/aromatic N) is 1. The van der Waals surface area contributed by atoms with Crippen molar-refractivity contribution in [2.24, 2.45) is 5.41 Å². The molecule has 0 spiro atoms. The highest BCUT2D eigenvalue weighted by molar-refractivity contribution is 5.12. The fourth-order valence-corrected chi connectivity index (χ4v) is 1.97. The van der Waals surface area contributed by atoms with E-state index in [2.05, 4.69) is 4.98 Å². The molecule has 1 fully saturated rings. The summed E-state index contributed by atoms with van der Waals surface area (Å²) < 4.78 is 1.37. The van der Waals surface area contributed by atoms with Crippen molar-refractivity contribution < 1.29 is 5.11 Å². The smallest absolute Gasteiger partial charge is 0.328 e. The second kappa shape index (κ2) is 3.07. The van der Waals surface area contributed by atoms with E-state index >= 15 is 0 Å². The van der Waals surface area contributed by atoms with Crippen LogP contribution in [0.2, 0.25) is 0 Å². The highest BCUT2D eigenvalue weighted by Crippen LogP contribution is 2.56. The van der Waals surface area contributed by atoms with E-state index in [1.165, 1.54) is 10.8 Å². The minimum absolute atomic E-state index is 0.156. The molecule has 2 rings (SSSR count). The van der Waals surface area contributed by atoms with Crippen LogP contribution in [-0.4, -0.2) is 20.3 Å². The van der Waals surface area contributed by atoms with Crippen LogP contribution in [0.5, 0.6) is 0 Å². The molecule has 1 aromatic heterocycles. The van der Waals surface area contributed by atoms with Crippen molar-refractivity contribution in [3.8, 4) is 0 Å². The number of hydrogen-bond donors (Lipinski definition) is 2. The topological polar surface area (TPSA) is 75.1 Å². The number of nitrogens with one attached hydrogen (secondary N) is 1. The van der Waals surface area contributed by atoms with Gasteiger partial charge in [0.2, 0.25) is 0 Å². The molecule has 1 atom stereocenters. The second-order valence-corrected chi connectivity index (χ2v) is 5.29. The number of rotatable bonds is 2. The van der Waals surface area contributed by atoms with Crippen LogP contribution in [0.3, 0.4) is 0 Å². The molecule has 5 nitrogen and oxygen atoms in total. The molecule has 0 saturated heterocycles. The third kappa shape index (κ3) is 1.61. The molecule has 2 N–H and O–H groups in total. The zero-order valence-corrected chi connectivity index (χ0v) is 9.70. The van der Waals surface area contributed by atoms with Crippen molar-refractivity contribution in [2.45, 2.75) is 39.3 Å². The molecule has 1 saturated carbocycles. The molecule has 88 valence electrons. The summed E-state index contributed by atoms with van der Waals surface area (Å²) in [6.45, 7) is 5.78. The van der Waals surface area contributed by atoms with Gasteiger partial charge in [-0.15, -0.1) is 0 Å². The van der Waals surface area contributed by atoms with Crippen molar-refractivity contribution in [1.82, 2.24) is 9.55 Å². The molecule has 0 radical (unpaired) electrons. The summed E-state index contributed by atoms with van der Waals surface area (Å²) in [5, 5.41) is 10.1. The van der Waals surface area contributed by atoms with Crippen LogP contribution in [-0.2, 0) is 6.54 Å². The Morgan fingerprint density at radius 2 is 2.06 bits per heavy atom. The minimum Gasteiger partial charge on any atom is -0.387 e. The van der Waals surface area contributed by atoms with Crippen molar-refractivity contribution in [3.63, 3.8) is 0 Å². The Morgan fingerprint density at radius 1 is 1.50 bits per heavy atom. The quantitative estimate of drug-likeness (QED) is 0.742. The molecule has 0 bridgehead atoms. The fraction of sp³-hybridized carbons (Fsp3) is 0.636. The zero-order chi connectivity index (χ0) is 12.1. The van der Waals surface area contributed by atoms with Gasteiger partial charge in [-0.2, -0.15) is 0 Å². The number of aryl methyl sites for hydroxylation is 1. The summed E-state index contributed by atoms with van der Waals surface area (Å²) in [6, 6.07) is 0. The van der Waals surface area contributed by atoms with Crippen LogP contribution in [0.25, 0.3) is 0 Å². The molecule has 1 aliphatic carbocycles. The van der Waals surface area contributed by atoms with Crippen molar-refractivity contribution in [1.29, 1.82) is 0 Å². The molecular formula is C11H16N2O3. The standard InChI is InChI=1S/C11H16N2O3/c1-7-4-13(9(15)12-8(7)14)6-11(16)5-10(11,2)3/h4,16H,5-6H2,1-3H3,(H,12,14,15)/t11-/m0/s1. The molecule has 0 unspecified atom stereocenters. The van der Waals surface area contributed by atoms with E-state index in [0.29, 0.717) is 12.0 Å². The Hall–Kier alpha value is -1.36. The highest BCUT2D eigenvalue weighted by Gasteiger charge is 2.60. The van der Waals surface area contributed by atoms with Gasteiger partial charge in [-0.3, -0.25) is 14.3 Å². The lowest BCUT2D eigenvalue weighted by Gasteiger charge is -2.15. The predicted molar refractivity (Wildman–Crippen MR) is 59.4 cm³/mol. The van der Waals surface area contributed by atoms with E-state index in [-0.39, 0.29) is 17.5 Å². The Labute approximate surface area is 92.7 Å². The monoisotopic (exact) mass is 224 g/mol. The average Bonchev–Trinajstić information content (AvgIpc) is 2.61. The largest absolute Gasteiger partial charge is 0.387 e. The minimum atomic E-state index is -0.832. The summed E-state index contributed by atoms with van der Waals surface area (Å²) >= 11 is 0. The first kappa shape index (κ1) is 11.1. The van der Waals surface area contributed by atoms with Gasteiger partial charge in [0, 0.05) is 11.8 Å². The Kier molecular flexibility index (Phi) is 2.14. The van der Waals surface area contributed by atoms with Gasteiger partial charge in [0.1, 0.15) is 0 Å². The van der Waals surface area contributed by atoms with Crippen LogP contribution >= 0.6 is 0 Å². The first-order valence-electron chi connectivity index (χ1n) is 5.28. The maximum atomic E-state index is 11.5. The fourth-order valence-electron chi connectivity index (χ4n) is 1.97. The normalized spacial score (nSPS) is 26.8. The molecule has 5 heteroatoms. The van der Waals surface area contributed by atoms with Crippen molar-refractivity contribution >= 4 is 0 Å². The molecule has 0 amide bonds. The molecule has 0 aliphatic heterocycles. The predicted octanol–water partition coefficient (Wildman–Crippen LogP) is 0.00602. The Morgan fingerprint density at radius 3 is 2.56 bits per heavy atom. The van der Waals surface area contributed by atoms with Gasteiger partial charge < -0.3 is 5.11 Å². The van der Waals surface area contributed by atoms with Crippen LogP contribution < -0.4 is 11.2 Å². The van der Waals surface area contributed by atoms with Gasteiger partial charge in [0.25, 0.3) is 5.56 Å². The average molecular weight is 224 g/mol. The summed E-state index contributed by atoms with van der Waals surface area (Å²) in [4.78, 5) is 24.9. The number of aromatic nitrogens is 2. The highest BCUT2D eigenvalue weighted by atomic mass is 16.3. The maximum Gasteiger partial charge on any atom is 0.328 e. The molecule has 1 aliphatic rings. The first-order valence-corrected chi connectivity index (χ1v) is 5.28. The number of hydrogen-bond acceptors (Lipinski definition) is 3. The summed E-state index contributed by atoms with van der Waals surface area (Å²) in [5.74, 6) is 0. The molecule has 16 heavy (non-hydrogen) atoms. The van der Waals surface area contributed by atoms with Crippen molar-refractivity contribution in [2.75, 3.05) is 0 Å². The van der Waals surface area contributed by atoms with E-state index in [1.54, 1.807) is 6.92 Å².